The Morgan fingerprint density at radius 2 is 2.11 bits per heavy atom. The fraction of sp³-hybridized carbons (Fsp3) is 0.538. The molecule has 0 spiro atoms. The van der Waals surface area contributed by atoms with Gasteiger partial charge in [0.15, 0.2) is 0 Å². The molecule has 2 rings (SSSR count). The first-order valence-electron chi connectivity index (χ1n) is 6.47. The van der Waals surface area contributed by atoms with Crippen molar-refractivity contribution >= 4 is 0 Å². The van der Waals surface area contributed by atoms with Gasteiger partial charge in [0, 0.05) is 44.2 Å². The third kappa shape index (κ3) is 2.69. The zero-order valence-corrected chi connectivity index (χ0v) is 12.0. The predicted octanol–water partition coefficient (Wildman–Crippen LogP) is 0.908. The average Bonchev–Trinajstić information content (AvgIpc) is 2.88. The highest BCUT2D eigenvalue weighted by Crippen LogP contribution is 2.24. The molecule has 6 heteroatoms. The van der Waals surface area contributed by atoms with Gasteiger partial charge in [0.1, 0.15) is 5.82 Å². The maximum Gasteiger partial charge on any atom is 0.108 e. The second-order valence-electron chi connectivity index (χ2n) is 4.92. The van der Waals surface area contributed by atoms with Crippen LogP contribution in [0.4, 0.5) is 0 Å². The van der Waals surface area contributed by atoms with Gasteiger partial charge in [-0.2, -0.15) is 5.10 Å². The standard InChI is InChI=1S/C13H22N6/c1-9-13(10(2)19(4)17-9)11(16-14)5-6-12-15-7-8-18(12)3/h7-8,11,16H,5-6,14H2,1-4H3. The Hall–Kier alpha value is -1.66. The van der Waals surface area contributed by atoms with Crippen molar-refractivity contribution in [2.24, 2.45) is 19.9 Å². The Labute approximate surface area is 113 Å². The first-order chi connectivity index (χ1) is 9.04. The summed E-state index contributed by atoms with van der Waals surface area (Å²) in [6, 6.07) is 0.102. The van der Waals surface area contributed by atoms with Crippen LogP contribution < -0.4 is 11.3 Å². The third-order valence-corrected chi connectivity index (χ3v) is 3.69. The van der Waals surface area contributed by atoms with Crippen molar-refractivity contribution in [2.45, 2.75) is 32.7 Å². The van der Waals surface area contributed by atoms with Gasteiger partial charge in [0.25, 0.3) is 0 Å². The molecule has 0 aromatic carbocycles. The summed E-state index contributed by atoms with van der Waals surface area (Å²) < 4.78 is 3.94. The van der Waals surface area contributed by atoms with Crippen LogP contribution in [0.2, 0.25) is 0 Å². The van der Waals surface area contributed by atoms with E-state index >= 15 is 0 Å². The van der Waals surface area contributed by atoms with Crippen LogP contribution in [-0.2, 0) is 20.5 Å². The molecule has 3 N–H and O–H groups in total. The van der Waals surface area contributed by atoms with Crippen LogP contribution in [0.25, 0.3) is 0 Å². The van der Waals surface area contributed by atoms with E-state index in [2.05, 4.69) is 22.4 Å². The Bertz CT molecular complexity index is 553. The third-order valence-electron chi connectivity index (χ3n) is 3.69. The summed E-state index contributed by atoms with van der Waals surface area (Å²) in [6.07, 6.45) is 5.56. The fourth-order valence-corrected chi connectivity index (χ4v) is 2.52. The van der Waals surface area contributed by atoms with Crippen LogP contribution in [0.5, 0.6) is 0 Å². The second kappa shape index (κ2) is 5.54. The predicted molar refractivity (Wildman–Crippen MR) is 74.3 cm³/mol. The molecule has 0 aliphatic carbocycles. The SMILES string of the molecule is Cc1nn(C)c(C)c1C(CCc1nccn1C)NN. The number of hydrogen-bond acceptors (Lipinski definition) is 4. The summed E-state index contributed by atoms with van der Waals surface area (Å²) in [4.78, 5) is 4.34. The minimum absolute atomic E-state index is 0.102. The van der Waals surface area contributed by atoms with Crippen molar-refractivity contribution < 1.29 is 0 Å². The Balaban J connectivity index is 2.14. The summed E-state index contributed by atoms with van der Waals surface area (Å²) >= 11 is 0. The molecule has 19 heavy (non-hydrogen) atoms. The van der Waals surface area contributed by atoms with Crippen molar-refractivity contribution in [1.82, 2.24) is 24.8 Å². The van der Waals surface area contributed by atoms with E-state index in [4.69, 9.17) is 5.84 Å². The lowest BCUT2D eigenvalue weighted by molar-refractivity contribution is 0.502. The van der Waals surface area contributed by atoms with Crippen molar-refractivity contribution in [3.8, 4) is 0 Å². The zero-order valence-electron chi connectivity index (χ0n) is 12.0. The van der Waals surface area contributed by atoms with Crippen LogP contribution in [-0.4, -0.2) is 19.3 Å². The van der Waals surface area contributed by atoms with Crippen LogP contribution in [0, 0.1) is 13.8 Å². The molecule has 2 aromatic rings. The van der Waals surface area contributed by atoms with E-state index in [-0.39, 0.29) is 6.04 Å². The van der Waals surface area contributed by atoms with Gasteiger partial charge in [-0.3, -0.25) is 16.0 Å². The normalized spacial score (nSPS) is 12.9. The molecule has 0 bridgehead atoms. The first-order valence-corrected chi connectivity index (χ1v) is 6.47. The van der Waals surface area contributed by atoms with Gasteiger partial charge in [-0.05, 0) is 20.3 Å². The molecule has 1 unspecified atom stereocenters. The second-order valence-corrected chi connectivity index (χ2v) is 4.92. The monoisotopic (exact) mass is 262 g/mol. The summed E-state index contributed by atoms with van der Waals surface area (Å²) in [5.74, 6) is 6.78. The molecule has 0 amide bonds. The Morgan fingerprint density at radius 1 is 1.37 bits per heavy atom. The van der Waals surface area contributed by atoms with E-state index in [1.165, 1.54) is 5.56 Å². The maximum atomic E-state index is 5.72. The number of aromatic nitrogens is 4. The summed E-state index contributed by atoms with van der Waals surface area (Å²) in [5.41, 5.74) is 6.28. The smallest absolute Gasteiger partial charge is 0.108 e. The molecule has 2 aromatic heterocycles. The summed E-state index contributed by atoms with van der Waals surface area (Å²) in [6.45, 7) is 4.09. The molecular formula is C13H22N6. The molecule has 104 valence electrons. The maximum absolute atomic E-state index is 5.72. The summed E-state index contributed by atoms with van der Waals surface area (Å²) in [7, 11) is 3.96. The molecule has 0 aliphatic rings. The topological polar surface area (TPSA) is 73.7 Å². The average molecular weight is 262 g/mol. The molecule has 0 radical (unpaired) electrons. The molecular weight excluding hydrogens is 240 g/mol. The van der Waals surface area contributed by atoms with Gasteiger partial charge in [-0.15, -0.1) is 0 Å². The number of hydrazine groups is 1. The molecule has 6 nitrogen and oxygen atoms in total. The number of hydrogen-bond donors (Lipinski definition) is 2. The number of nitrogens with zero attached hydrogens (tertiary/aromatic N) is 4. The van der Waals surface area contributed by atoms with Gasteiger partial charge in [-0.1, -0.05) is 0 Å². The molecule has 1 atom stereocenters. The molecule has 0 fully saturated rings. The van der Waals surface area contributed by atoms with E-state index < -0.39 is 0 Å². The Morgan fingerprint density at radius 3 is 2.58 bits per heavy atom. The highest BCUT2D eigenvalue weighted by atomic mass is 15.3. The molecule has 0 saturated heterocycles. The summed E-state index contributed by atoms with van der Waals surface area (Å²) in [5, 5.41) is 4.44. The van der Waals surface area contributed by atoms with Gasteiger partial charge in [0.2, 0.25) is 0 Å². The van der Waals surface area contributed by atoms with Crippen molar-refractivity contribution in [3.05, 3.63) is 35.2 Å². The van der Waals surface area contributed by atoms with Gasteiger partial charge >= 0.3 is 0 Å². The highest BCUT2D eigenvalue weighted by Gasteiger charge is 2.19. The quantitative estimate of drug-likeness (QED) is 0.620. The van der Waals surface area contributed by atoms with Crippen molar-refractivity contribution in [3.63, 3.8) is 0 Å². The number of rotatable bonds is 5. The minimum Gasteiger partial charge on any atom is -0.338 e. The van der Waals surface area contributed by atoms with E-state index in [0.717, 1.165) is 30.1 Å². The molecule has 0 aliphatic heterocycles. The van der Waals surface area contributed by atoms with Crippen LogP contribution in [0.15, 0.2) is 12.4 Å². The lowest BCUT2D eigenvalue weighted by Crippen LogP contribution is -2.29. The van der Waals surface area contributed by atoms with Crippen molar-refractivity contribution in [1.29, 1.82) is 0 Å². The van der Waals surface area contributed by atoms with E-state index in [9.17, 15) is 0 Å². The lowest BCUT2D eigenvalue weighted by Gasteiger charge is -2.16. The number of imidazole rings is 1. The number of nitrogens with two attached hydrogens (primary N) is 1. The molecule has 0 saturated carbocycles. The van der Waals surface area contributed by atoms with Crippen LogP contribution in [0.1, 0.15) is 35.2 Å². The Kier molecular flexibility index (Phi) is 4.01. The first kappa shape index (κ1) is 13.8. The van der Waals surface area contributed by atoms with Crippen LogP contribution >= 0.6 is 0 Å². The van der Waals surface area contributed by atoms with Gasteiger partial charge in [0.05, 0.1) is 11.7 Å². The van der Waals surface area contributed by atoms with Gasteiger partial charge in [-0.25, -0.2) is 4.98 Å². The number of nitrogens with one attached hydrogen (secondary N) is 1. The number of aryl methyl sites for hydroxylation is 4. The fourth-order valence-electron chi connectivity index (χ4n) is 2.52. The lowest BCUT2D eigenvalue weighted by atomic mass is 10.0. The van der Waals surface area contributed by atoms with Crippen LogP contribution in [0.3, 0.4) is 0 Å². The largest absolute Gasteiger partial charge is 0.338 e. The van der Waals surface area contributed by atoms with E-state index in [1.54, 1.807) is 0 Å². The van der Waals surface area contributed by atoms with E-state index in [0.29, 0.717) is 0 Å². The minimum atomic E-state index is 0.102. The molecule has 2 heterocycles. The van der Waals surface area contributed by atoms with E-state index in [1.807, 2.05) is 42.7 Å². The zero-order chi connectivity index (χ0) is 14.0. The van der Waals surface area contributed by atoms with Gasteiger partial charge < -0.3 is 4.57 Å². The van der Waals surface area contributed by atoms with Crippen molar-refractivity contribution in [2.75, 3.05) is 0 Å². The highest BCUT2D eigenvalue weighted by molar-refractivity contribution is 5.28.